The molecule has 0 aliphatic carbocycles. The highest BCUT2D eigenvalue weighted by molar-refractivity contribution is 5.85. The molecule has 21 heavy (non-hydrogen) atoms. The summed E-state index contributed by atoms with van der Waals surface area (Å²) in [6.45, 7) is 4.20. The summed E-state index contributed by atoms with van der Waals surface area (Å²) < 4.78 is 1.81. The van der Waals surface area contributed by atoms with E-state index < -0.39 is 5.54 Å². The smallest absolute Gasteiger partial charge is 0.240 e. The number of aromatic nitrogens is 3. The molecule has 0 saturated carbocycles. The van der Waals surface area contributed by atoms with Gasteiger partial charge in [-0.1, -0.05) is 13.3 Å². The van der Waals surface area contributed by atoms with Crippen molar-refractivity contribution >= 4 is 5.91 Å². The van der Waals surface area contributed by atoms with Gasteiger partial charge in [0.15, 0.2) is 0 Å². The molecule has 2 aromatic rings. The van der Waals surface area contributed by atoms with Gasteiger partial charge in [0.2, 0.25) is 5.91 Å². The van der Waals surface area contributed by atoms with E-state index in [1.807, 2.05) is 29.8 Å². The molecule has 0 bridgehead atoms. The maximum absolute atomic E-state index is 12.1. The van der Waals surface area contributed by atoms with E-state index in [1.165, 1.54) is 0 Å². The van der Waals surface area contributed by atoms with Gasteiger partial charge in [-0.3, -0.25) is 9.36 Å². The highest BCUT2D eigenvalue weighted by Gasteiger charge is 2.26. The van der Waals surface area contributed by atoms with Crippen molar-refractivity contribution in [2.45, 2.75) is 38.8 Å². The Morgan fingerprint density at radius 1 is 1.48 bits per heavy atom. The van der Waals surface area contributed by atoms with Gasteiger partial charge in [0.05, 0.1) is 5.54 Å². The third kappa shape index (κ3) is 3.88. The molecule has 0 radical (unpaired) electrons. The number of nitrogens with one attached hydrogen (secondary N) is 1. The summed E-state index contributed by atoms with van der Waals surface area (Å²) >= 11 is 0. The highest BCUT2D eigenvalue weighted by Crippen LogP contribution is 2.10. The van der Waals surface area contributed by atoms with Crippen LogP contribution in [0.15, 0.2) is 37.1 Å². The minimum atomic E-state index is -0.824. The third-order valence-corrected chi connectivity index (χ3v) is 3.32. The van der Waals surface area contributed by atoms with E-state index in [4.69, 9.17) is 5.73 Å². The first-order valence-electron chi connectivity index (χ1n) is 7.03. The van der Waals surface area contributed by atoms with Crippen molar-refractivity contribution < 1.29 is 4.79 Å². The van der Waals surface area contributed by atoms with Crippen LogP contribution in [0.4, 0.5) is 0 Å². The molecule has 0 fully saturated rings. The number of nitrogens with zero attached hydrogens (tertiary/aromatic N) is 3. The number of pyridine rings is 1. The van der Waals surface area contributed by atoms with Gasteiger partial charge >= 0.3 is 0 Å². The molecule has 0 spiro atoms. The van der Waals surface area contributed by atoms with Crippen LogP contribution in [0, 0.1) is 0 Å². The second-order valence-electron chi connectivity index (χ2n) is 5.34. The summed E-state index contributed by atoms with van der Waals surface area (Å²) in [5, 5.41) is 2.88. The zero-order chi connectivity index (χ0) is 15.3. The first kappa shape index (κ1) is 15.2. The molecule has 2 heterocycles. The number of imidazole rings is 1. The van der Waals surface area contributed by atoms with Crippen molar-refractivity contribution in [2.24, 2.45) is 5.73 Å². The highest BCUT2D eigenvalue weighted by atomic mass is 16.2. The number of carbonyl (C=O) groups is 1. The Bertz CT molecular complexity index is 592. The molecule has 2 aromatic heterocycles. The van der Waals surface area contributed by atoms with Gasteiger partial charge < -0.3 is 11.1 Å². The van der Waals surface area contributed by atoms with E-state index in [2.05, 4.69) is 15.3 Å². The minimum Gasteiger partial charge on any atom is -0.350 e. The van der Waals surface area contributed by atoms with Gasteiger partial charge in [0.25, 0.3) is 0 Å². The van der Waals surface area contributed by atoms with Crippen molar-refractivity contribution in [3.63, 3.8) is 0 Å². The van der Waals surface area contributed by atoms with E-state index in [0.29, 0.717) is 13.0 Å². The van der Waals surface area contributed by atoms with E-state index in [-0.39, 0.29) is 5.91 Å². The molecule has 6 heteroatoms. The average Bonchev–Trinajstić information content (AvgIpc) is 2.99. The van der Waals surface area contributed by atoms with Crippen LogP contribution >= 0.6 is 0 Å². The molecule has 1 amide bonds. The predicted octanol–water partition coefficient (Wildman–Crippen LogP) is 1.40. The van der Waals surface area contributed by atoms with Crippen molar-refractivity contribution in [1.82, 2.24) is 19.9 Å². The Hall–Kier alpha value is -2.21. The van der Waals surface area contributed by atoms with Crippen LogP contribution < -0.4 is 11.1 Å². The molecule has 112 valence electrons. The predicted molar refractivity (Wildman–Crippen MR) is 80.7 cm³/mol. The summed E-state index contributed by atoms with van der Waals surface area (Å²) in [5.74, 6) is 0.633. The Morgan fingerprint density at radius 2 is 2.29 bits per heavy atom. The summed E-state index contributed by atoms with van der Waals surface area (Å²) in [6, 6.07) is 3.78. The quantitative estimate of drug-likeness (QED) is 0.841. The molecule has 6 nitrogen and oxygen atoms in total. The van der Waals surface area contributed by atoms with Gasteiger partial charge in [0.1, 0.15) is 12.1 Å². The molecule has 0 aromatic carbocycles. The fourth-order valence-corrected chi connectivity index (χ4v) is 2.12. The Morgan fingerprint density at radius 3 is 2.95 bits per heavy atom. The molecular weight excluding hydrogens is 266 g/mol. The molecule has 3 N–H and O–H groups in total. The van der Waals surface area contributed by atoms with Crippen LogP contribution in [0.2, 0.25) is 0 Å². The lowest BCUT2D eigenvalue weighted by Gasteiger charge is -2.22. The van der Waals surface area contributed by atoms with Crippen LogP contribution in [0.3, 0.4) is 0 Å². The standard InChI is InChI=1S/C15H21N5O/c1-3-5-15(2,16)14(21)19-10-12-4-6-18-13(9-12)20-8-7-17-11-20/h4,6-9,11H,3,5,10,16H2,1-2H3,(H,19,21). The average molecular weight is 287 g/mol. The maximum Gasteiger partial charge on any atom is 0.240 e. The molecule has 1 unspecified atom stereocenters. The maximum atomic E-state index is 12.1. The lowest BCUT2D eigenvalue weighted by atomic mass is 9.96. The zero-order valence-corrected chi connectivity index (χ0v) is 12.4. The van der Waals surface area contributed by atoms with E-state index in [1.54, 1.807) is 25.6 Å². The second-order valence-corrected chi connectivity index (χ2v) is 5.34. The number of hydrogen-bond donors (Lipinski definition) is 2. The number of carbonyl (C=O) groups excluding carboxylic acids is 1. The Kier molecular flexibility index (Phi) is 4.70. The summed E-state index contributed by atoms with van der Waals surface area (Å²) in [6.07, 6.45) is 8.45. The summed E-state index contributed by atoms with van der Waals surface area (Å²) in [4.78, 5) is 20.3. The molecule has 0 aliphatic rings. The van der Waals surface area contributed by atoms with Gasteiger partial charge in [0, 0.05) is 25.1 Å². The number of hydrogen-bond acceptors (Lipinski definition) is 4. The molecular formula is C15H21N5O. The number of nitrogens with two attached hydrogens (primary N) is 1. The second kappa shape index (κ2) is 6.49. The Labute approximate surface area is 124 Å². The largest absolute Gasteiger partial charge is 0.350 e. The zero-order valence-electron chi connectivity index (χ0n) is 12.4. The van der Waals surface area contributed by atoms with Gasteiger partial charge in [-0.25, -0.2) is 9.97 Å². The van der Waals surface area contributed by atoms with Crippen molar-refractivity contribution in [3.05, 3.63) is 42.6 Å². The van der Waals surface area contributed by atoms with Crippen LogP contribution in [0.5, 0.6) is 0 Å². The lowest BCUT2D eigenvalue weighted by molar-refractivity contribution is -0.126. The third-order valence-electron chi connectivity index (χ3n) is 3.32. The van der Waals surface area contributed by atoms with E-state index in [0.717, 1.165) is 17.8 Å². The van der Waals surface area contributed by atoms with Crippen LogP contribution in [-0.4, -0.2) is 26.0 Å². The van der Waals surface area contributed by atoms with Crippen molar-refractivity contribution in [2.75, 3.05) is 0 Å². The van der Waals surface area contributed by atoms with Crippen LogP contribution in [-0.2, 0) is 11.3 Å². The lowest BCUT2D eigenvalue weighted by Crippen LogP contribution is -2.51. The van der Waals surface area contributed by atoms with Crippen LogP contribution in [0.25, 0.3) is 5.82 Å². The first-order valence-corrected chi connectivity index (χ1v) is 7.03. The van der Waals surface area contributed by atoms with Gasteiger partial charge in [-0.2, -0.15) is 0 Å². The van der Waals surface area contributed by atoms with E-state index in [9.17, 15) is 4.79 Å². The summed E-state index contributed by atoms with van der Waals surface area (Å²) in [5.41, 5.74) is 6.15. The fourth-order valence-electron chi connectivity index (χ4n) is 2.12. The Balaban J connectivity index is 2.01. The van der Waals surface area contributed by atoms with Crippen LogP contribution in [0.1, 0.15) is 32.3 Å². The normalized spacial score (nSPS) is 13.7. The molecule has 1 atom stereocenters. The number of amides is 1. The van der Waals surface area contributed by atoms with E-state index >= 15 is 0 Å². The molecule has 2 rings (SSSR count). The molecule has 0 aliphatic heterocycles. The van der Waals surface area contributed by atoms with Gasteiger partial charge in [-0.15, -0.1) is 0 Å². The van der Waals surface area contributed by atoms with Crippen molar-refractivity contribution in [1.29, 1.82) is 0 Å². The minimum absolute atomic E-state index is 0.134. The fraction of sp³-hybridized carbons (Fsp3) is 0.400. The summed E-state index contributed by atoms with van der Waals surface area (Å²) in [7, 11) is 0. The number of rotatable bonds is 6. The monoisotopic (exact) mass is 287 g/mol. The first-order chi connectivity index (χ1) is 10.0. The molecule has 0 saturated heterocycles. The van der Waals surface area contributed by atoms with Crippen molar-refractivity contribution in [3.8, 4) is 5.82 Å². The SMILES string of the molecule is CCCC(C)(N)C(=O)NCc1ccnc(-n2ccnc2)c1. The topological polar surface area (TPSA) is 85.8 Å². The van der Waals surface area contributed by atoms with Gasteiger partial charge in [-0.05, 0) is 31.0 Å².